The first kappa shape index (κ1) is 13.8. The first-order chi connectivity index (χ1) is 10.2. The van der Waals surface area contributed by atoms with Gasteiger partial charge in [0.05, 0.1) is 5.69 Å². The maximum atomic E-state index is 12.0. The molecule has 5 heteroatoms. The maximum Gasteiger partial charge on any atom is 0.223 e. The van der Waals surface area contributed by atoms with E-state index < -0.39 is 0 Å². The van der Waals surface area contributed by atoms with E-state index in [1.165, 1.54) is 0 Å². The van der Waals surface area contributed by atoms with Crippen LogP contribution in [0.4, 0.5) is 0 Å². The lowest BCUT2D eigenvalue weighted by Gasteiger charge is -2.11. The quantitative estimate of drug-likeness (QED) is 0.896. The first-order valence-corrected chi connectivity index (χ1v) is 7.34. The summed E-state index contributed by atoms with van der Waals surface area (Å²) in [5.41, 5.74) is 7.94. The predicted octanol–water partition coefficient (Wildman–Crippen LogP) is 1.62. The molecule has 1 aliphatic carbocycles. The summed E-state index contributed by atoms with van der Waals surface area (Å²) >= 11 is 0. The molecule has 1 saturated carbocycles. The molecular weight excluding hydrogens is 264 g/mol. The summed E-state index contributed by atoms with van der Waals surface area (Å²) in [6.45, 7) is 0.559. The minimum absolute atomic E-state index is 0.0864. The minimum Gasteiger partial charge on any atom is -0.352 e. The van der Waals surface area contributed by atoms with Crippen molar-refractivity contribution in [3.05, 3.63) is 48.3 Å². The highest BCUT2D eigenvalue weighted by Crippen LogP contribution is 2.24. The maximum absolute atomic E-state index is 12.0. The van der Waals surface area contributed by atoms with E-state index >= 15 is 0 Å². The molecule has 1 aliphatic rings. The molecule has 0 aliphatic heterocycles. The third-order valence-electron chi connectivity index (χ3n) is 4.02. The molecule has 0 radical (unpaired) electrons. The highest BCUT2D eigenvalue weighted by atomic mass is 16.1. The number of benzene rings is 1. The van der Waals surface area contributed by atoms with Crippen molar-refractivity contribution in [2.75, 3.05) is 0 Å². The molecule has 5 nitrogen and oxygen atoms in total. The number of hydrogen-bond acceptors (Lipinski definition) is 3. The van der Waals surface area contributed by atoms with Crippen molar-refractivity contribution in [2.24, 2.45) is 11.7 Å². The Balaban J connectivity index is 1.55. The molecule has 110 valence electrons. The SMILES string of the molecule is N[C@@H]1CC[C@H](C(=O)NCc2ccc(-n3cccn3)cc2)C1. The molecular formula is C16H20N4O. The van der Waals surface area contributed by atoms with Crippen LogP contribution in [0.2, 0.25) is 0 Å². The molecule has 3 N–H and O–H groups in total. The lowest BCUT2D eigenvalue weighted by Crippen LogP contribution is -2.29. The molecule has 1 amide bonds. The Morgan fingerprint density at radius 1 is 1.33 bits per heavy atom. The third kappa shape index (κ3) is 3.31. The molecule has 1 aromatic carbocycles. The number of nitrogens with zero attached hydrogens (tertiary/aromatic N) is 2. The Kier molecular flexibility index (Phi) is 4.01. The largest absolute Gasteiger partial charge is 0.352 e. The van der Waals surface area contributed by atoms with Crippen LogP contribution in [0, 0.1) is 5.92 Å². The first-order valence-electron chi connectivity index (χ1n) is 7.34. The molecule has 0 saturated heterocycles. The van der Waals surface area contributed by atoms with Crippen molar-refractivity contribution in [1.82, 2.24) is 15.1 Å². The second-order valence-electron chi connectivity index (χ2n) is 5.60. The average Bonchev–Trinajstić information content (AvgIpc) is 3.16. The van der Waals surface area contributed by atoms with Gasteiger partial charge in [0.25, 0.3) is 0 Å². The zero-order valence-corrected chi connectivity index (χ0v) is 11.9. The van der Waals surface area contributed by atoms with Gasteiger partial charge in [-0.3, -0.25) is 4.79 Å². The van der Waals surface area contributed by atoms with Crippen molar-refractivity contribution in [1.29, 1.82) is 0 Å². The van der Waals surface area contributed by atoms with Crippen LogP contribution in [0.5, 0.6) is 0 Å². The molecule has 1 fully saturated rings. The van der Waals surface area contributed by atoms with Gasteiger partial charge in [-0.25, -0.2) is 4.68 Å². The van der Waals surface area contributed by atoms with Gasteiger partial charge in [0, 0.05) is 30.9 Å². The van der Waals surface area contributed by atoms with Crippen molar-refractivity contribution in [2.45, 2.75) is 31.8 Å². The average molecular weight is 284 g/mol. The molecule has 0 bridgehead atoms. The Labute approximate surface area is 124 Å². The number of aromatic nitrogens is 2. The van der Waals surface area contributed by atoms with Gasteiger partial charge in [-0.05, 0) is 43.0 Å². The van der Waals surface area contributed by atoms with E-state index in [2.05, 4.69) is 10.4 Å². The van der Waals surface area contributed by atoms with E-state index in [0.29, 0.717) is 6.54 Å². The summed E-state index contributed by atoms with van der Waals surface area (Å²) < 4.78 is 1.81. The van der Waals surface area contributed by atoms with E-state index in [-0.39, 0.29) is 17.9 Å². The lowest BCUT2D eigenvalue weighted by atomic mass is 10.1. The summed E-state index contributed by atoms with van der Waals surface area (Å²) in [5.74, 6) is 0.211. The van der Waals surface area contributed by atoms with E-state index in [1.54, 1.807) is 6.20 Å². The van der Waals surface area contributed by atoms with Crippen LogP contribution in [0.25, 0.3) is 5.69 Å². The Morgan fingerprint density at radius 3 is 2.76 bits per heavy atom. The number of carbonyl (C=O) groups is 1. The van der Waals surface area contributed by atoms with Crippen molar-refractivity contribution in [3.8, 4) is 5.69 Å². The van der Waals surface area contributed by atoms with Crippen LogP contribution in [0.1, 0.15) is 24.8 Å². The van der Waals surface area contributed by atoms with Crippen LogP contribution in [-0.4, -0.2) is 21.7 Å². The molecule has 2 aromatic rings. The highest BCUT2D eigenvalue weighted by Gasteiger charge is 2.27. The van der Waals surface area contributed by atoms with Crippen molar-refractivity contribution < 1.29 is 4.79 Å². The van der Waals surface area contributed by atoms with Gasteiger partial charge < -0.3 is 11.1 Å². The van der Waals surface area contributed by atoms with E-state index in [4.69, 9.17) is 5.73 Å². The smallest absolute Gasteiger partial charge is 0.223 e. The number of carbonyl (C=O) groups excluding carboxylic acids is 1. The Bertz CT molecular complexity index is 591. The van der Waals surface area contributed by atoms with Gasteiger partial charge in [-0.1, -0.05) is 12.1 Å². The van der Waals surface area contributed by atoms with Gasteiger partial charge in [0.2, 0.25) is 5.91 Å². The molecule has 1 aromatic heterocycles. The van der Waals surface area contributed by atoms with Crippen LogP contribution >= 0.6 is 0 Å². The molecule has 3 rings (SSSR count). The summed E-state index contributed by atoms with van der Waals surface area (Å²) in [4.78, 5) is 12.0. The third-order valence-corrected chi connectivity index (χ3v) is 4.02. The van der Waals surface area contributed by atoms with Gasteiger partial charge >= 0.3 is 0 Å². The van der Waals surface area contributed by atoms with E-state index in [0.717, 1.165) is 30.5 Å². The fourth-order valence-corrected chi connectivity index (χ4v) is 2.78. The summed E-state index contributed by atoms with van der Waals surface area (Å²) in [7, 11) is 0. The summed E-state index contributed by atoms with van der Waals surface area (Å²) in [5, 5.41) is 7.18. The second kappa shape index (κ2) is 6.10. The standard InChI is InChI=1S/C16H20N4O/c17-14-5-4-13(10-14)16(21)18-11-12-2-6-15(7-3-12)20-9-1-8-19-20/h1-3,6-9,13-14H,4-5,10-11,17H2,(H,18,21)/t13-,14+/m0/s1. The number of nitrogens with one attached hydrogen (secondary N) is 1. The zero-order valence-electron chi connectivity index (χ0n) is 11.9. The fraction of sp³-hybridized carbons (Fsp3) is 0.375. The Morgan fingerprint density at radius 2 is 2.14 bits per heavy atom. The zero-order chi connectivity index (χ0) is 14.7. The number of amides is 1. The minimum atomic E-state index is 0.0864. The fourth-order valence-electron chi connectivity index (χ4n) is 2.78. The Hall–Kier alpha value is -2.14. The molecule has 1 heterocycles. The topological polar surface area (TPSA) is 72.9 Å². The summed E-state index contributed by atoms with van der Waals surface area (Å²) in [6.07, 6.45) is 6.33. The number of hydrogen-bond donors (Lipinski definition) is 2. The van der Waals surface area contributed by atoms with Crippen LogP contribution < -0.4 is 11.1 Å². The lowest BCUT2D eigenvalue weighted by molar-refractivity contribution is -0.125. The van der Waals surface area contributed by atoms with E-state index in [1.807, 2.05) is 41.2 Å². The molecule has 0 spiro atoms. The number of nitrogens with two attached hydrogens (primary N) is 1. The summed E-state index contributed by atoms with van der Waals surface area (Å²) in [6, 6.07) is 10.1. The van der Waals surface area contributed by atoms with E-state index in [9.17, 15) is 4.79 Å². The molecule has 0 unspecified atom stereocenters. The van der Waals surface area contributed by atoms with Crippen molar-refractivity contribution in [3.63, 3.8) is 0 Å². The van der Waals surface area contributed by atoms with Crippen LogP contribution in [-0.2, 0) is 11.3 Å². The normalized spacial score (nSPS) is 21.4. The predicted molar refractivity (Wildman–Crippen MR) is 80.7 cm³/mol. The van der Waals surface area contributed by atoms with Crippen LogP contribution in [0.15, 0.2) is 42.7 Å². The van der Waals surface area contributed by atoms with Gasteiger partial charge in [0.1, 0.15) is 0 Å². The van der Waals surface area contributed by atoms with Gasteiger partial charge in [0.15, 0.2) is 0 Å². The second-order valence-corrected chi connectivity index (χ2v) is 5.60. The van der Waals surface area contributed by atoms with Gasteiger partial charge in [-0.15, -0.1) is 0 Å². The number of rotatable bonds is 4. The van der Waals surface area contributed by atoms with Crippen LogP contribution in [0.3, 0.4) is 0 Å². The highest BCUT2D eigenvalue weighted by molar-refractivity contribution is 5.79. The monoisotopic (exact) mass is 284 g/mol. The molecule has 21 heavy (non-hydrogen) atoms. The van der Waals surface area contributed by atoms with Crippen molar-refractivity contribution >= 4 is 5.91 Å². The van der Waals surface area contributed by atoms with Gasteiger partial charge in [-0.2, -0.15) is 5.10 Å². The molecule has 2 atom stereocenters.